The zero-order valence-corrected chi connectivity index (χ0v) is 14.8. The Labute approximate surface area is 136 Å². The molecule has 2 heterocycles. The van der Waals surface area contributed by atoms with Crippen molar-refractivity contribution in [1.82, 2.24) is 15.6 Å². The molecule has 1 aliphatic rings. The molecule has 2 N–H and O–H groups in total. The molecule has 0 saturated carbocycles. The molecule has 1 amide bonds. The van der Waals surface area contributed by atoms with Crippen LogP contribution in [0.1, 0.15) is 44.3 Å². The number of methoxy groups -OCH3 is 1. The fraction of sp³-hybridized carbons (Fsp3) is 0.750. The highest BCUT2D eigenvalue weighted by Crippen LogP contribution is 2.30. The number of thiazole rings is 1. The van der Waals surface area contributed by atoms with Gasteiger partial charge in [-0.1, -0.05) is 20.8 Å². The summed E-state index contributed by atoms with van der Waals surface area (Å²) in [5.74, 6) is 0.0864. The van der Waals surface area contributed by atoms with E-state index in [1.165, 1.54) is 0 Å². The largest absolute Gasteiger partial charge is 0.384 e. The van der Waals surface area contributed by atoms with Crippen molar-refractivity contribution in [3.8, 4) is 0 Å². The molecule has 124 valence electrons. The SMILES string of the molecule is COCC1(C(=O)NCc2nc(C(C)(C)C)cs2)CCNCC1. The number of rotatable bonds is 5. The van der Waals surface area contributed by atoms with E-state index in [0.29, 0.717) is 13.2 Å². The summed E-state index contributed by atoms with van der Waals surface area (Å²) >= 11 is 1.61. The lowest BCUT2D eigenvalue weighted by molar-refractivity contribution is -0.136. The van der Waals surface area contributed by atoms with Crippen LogP contribution in [0.4, 0.5) is 0 Å². The van der Waals surface area contributed by atoms with Crippen molar-refractivity contribution >= 4 is 17.2 Å². The first-order valence-electron chi connectivity index (χ1n) is 7.80. The molecule has 0 aromatic carbocycles. The van der Waals surface area contributed by atoms with E-state index in [4.69, 9.17) is 4.74 Å². The fourth-order valence-corrected chi connectivity index (χ4v) is 3.66. The summed E-state index contributed by atoms with van der Waals surface area (Å²) in [6.45, 7) is 9.14. The second-order valence-electron chi connectivity index (χ2n) is 7.02. The third kappa shape index (κ3) is 4.06. The van der Waals surface area contributed by atoms with Crippen molar-refractivity contribution in [2.75, 3.05) is 26.8 Å². The Bertz CT molecular complexity index is 496. The van der Waals surface area contributed by atoms with Gasteiger partial charge < -0.3 is 15.4 Å². The lowest BCUT2D eigenvalue weighted by Crippen LogP contribution is -2.49. The fourth-order valence-electron chi connectivity index (χ4n) is 2.70. The van der Waals surface area contributed by atoms with Crippen LogP contribution in [0.2, 0.25) is 0 Å². The highest BCUT2D eigenvalue weighted by Gasteiger charge is 2.39. The standard InChI is InChI=1S/C16H27N3O2S/c1-15(2,3)12-10-22-13(19-12)9-18-14(20)16(11-21-4)5-7-17-8-6-16/h10,17H,5-9,11H2,1-4H3,(H,18,20). The Morgan fingerprint density at radius 2 is 2.14 bits per heavy atom. The van der Waals surface area contributed by atoms with E-state index in [0.717, 1.165) is 36.6 Å². The highest BCUT2D eigenvalue weighted by molar-refractivity contribution is 7.09. The van der Waals surface area contributed by atoms with Crippen LogP contribution in [0.15, 0.2) is 5.38 Å². The number of piperidine rings is 1. The van der Waals surface area contributed by atoms with Gasteiger partial charge in [-0.25, -0.2) is 4.98 Å². The smallest absolute Gasteiger partial charge is 0.228 e. The third-order valence-corrected chi connectivity index (χ3v) is 5.03. The topological polar surface area (TPSA) is 63.2 Å². The van der Waals surface area contributed by atoms with Gasteiger partial charge in [-0.15, -0.1) is 11.3 Å². The van der Waals surface area contributed by atoms with E-state index in [9.17, 15) is 4.79 Å². The van der Waals surface area contributed by atoms with E-state index >= 15 is 0 Å². The molecular weight excluding hydrogens is 298 g/mol. The van der Waals surface area contributed by atoms with Crippen molar-refractivity contribution in [2.45, 2.75) is 45.6 Å². The summed E-state index contributed by atoms with van der Waals surface area (Å²) < 4.78 is 5.31. The predicted molar refractivity (Wildman–Crippen MR) is 89.1 cm³/mol. The molecule has 22 heavy (non-hydrogen) atoms. The van der Waals surface area contributed by atoms with Gasteiger partial charge in [0, 0.05) is 17.9 Å². The molecule has 1 saturated heterocycles. The number of nitrogens with one attached hydrogen (secondary N) is 2. The van der Waals surface area contributed by atoms with E-state index < -0.39 is 5.41 Å². The Hall–Kier alpha value is -0.980. The number of hydrogen-bond donors (Lipinski definition) is 2. The summed E-state index contributed by atoms with van der Waals surface area (Å²) in [5.41, 5.74) is 0.727. The van der Waals surface area contributed by atoms with Crippen LogP contribution >= 0.6 is 11.3 Å². The summed E-state index contributed by atoms with van der Waals surface area (Å²) in [4.78, 5) is 17.3. The summed E-state index contributed by atoms with van der Waals surface area (Å²) in [7, 11) is 1.66. The number of ether oxygens (including phenoxy) is 1. The predicted octanol–water partition coefficient (Wildman–Crippen LogP) is 2.07. The van der Waals surface area contributed by atoms with Gasteiger partial charge >= 0.3 is 0 Å². The van der Waals surface area contributed by atoms with E-state index in [1.807, 2.05) is 0 Å². The van der Waals surface area contributed by atoms with E-state index in [1.54, 1.807) is 18.4 Å². The van der Waals surface area contributed by atoms with Crippen molar-refractivity contribution in [3.05, 3.63) is 16.1 Å². The van der Waals surface area contributed by atoms with Gasteiger partial charge in [0.15, 0.2) is 0 Å². The van der Waals surface area contributed by atoms with Crippen LogP contribution in [-0.4, -0.2) is 37.7 Å². The normalized spacial score (nSPS) is 18.2. The van der Waals surface area contributed by atoms with Gasteiger partial charge in [0.2, 0.25) is 5.91 Å². The van der Waals surface area contributed by atoms with E-state index in [-0.39, 0.29) is 11.3 Å². The van der Waals surface area contributed by atoms with Gasteiger partial charge in [-0.05, 0) is 25.9 Å². The van der Waals surface area contributed by atoms with Crippen LogP contribution in [0, 0.1) is 5.41 Å². The average molecular weight is 325 g/mol. The molecular formula is C16H27N3O2S. The van der Waals surface area contributed by atoms with E-state index in [2.05, 4.69) is 41.8 Å². The van der Waals surface area contributed by atoms with Gasteiger partial charge in [-0.3, -0.25) is 4.79 Å². The quantitative estimate of drug-likeness (QED) is 0.870. The Balaban J connectivity index is 1.97. The minimum atomic E-state index is -0.399. The van der Waals surface area contributed by atoms with Crippen LogP contribution in [0.5, 0.6) is 0 Å². The number of hydrogen-bond acceptors (Lipinski definition) is 5. The number of carbonyl (C=O) groups is 1. The molecule has 5 nitrogen and oxygen atoms in total. The molecule has 1 aromatic heterocycles. The molecule has 1 fully saturated rings. The Kier molecular flexibility index (Phi) is 5.58. The molecule has 0 aliphatic carbocycles. The van der Waals surface area contributed by atoms with Crippen LogP contribution in [-0.2, 0) is 21.5 Å². The zero-order chi connectivity index (χ0) is 16.2. The number of aromatic nitrogens is 1. The summed E-state index contributed by atoms with van der Waals surface area (Å²) in [6, 6.07) is 0. The van der Waals surface area contributed by atoms with Crippen molar-refractivity contribution in [3.63, 3.8) is 0 Å². The molecule has 2 rings (SSSR count). The maximum Gasteiger partial charge on any atom is 0.228 e. The second kappa shape index (κ2) is 7.06. The second-order valence-corrected chi connectivity index (χ2v) is 7.97. The molecule has 0 unspecified atom stereocenters. The molecule has 0 spiro atoms. The van der Waals surface area contributed by atoms with Gasteiger partial charge in [0.25, 0.3) is 0 Å². The lowest BCUT2D eigenvalue weighted by Gasteiger charge is -2.35. The Morgan fingerprint density at radius 1 is 1.45 bits per heavy atom. The number of amides is 1. The Morgan fingerprint density at radius 3 is 2.68 bits per heavy atom. The van der Waals surface area contributed by atoms with Crippen molar-refractivity contribution in [2.24, 2.45) is 5.41 Å². The minimum absolute atomic E-state index is 0.0467. The molecule has 0 bridgehead atoms. The molecule has 0 radical (unpaired) electrons. The summed E-state index contributed by atoms with van der Waals surface area (Å²) in [5, 5.41) is 9.40. The third-order valence-electron chi connectivity index (χ3n) is 4.18. The van der Waals surface area contributed by atoms with Crippen LogP contribution in [0.3, 0.4) is 0 Å². The first-order chi connectivity index (χ1) is 10.4. The zero-order valence-electron chi connectivity index (χ0n) is 14.0. The maximum atomic E-state index is 12.6. The van der Waals surface area contributed by atoms with Crippen LogP contribution in [0.25, 0.3) is 0 Å². The molecule has 0 atom stereocenters. The highest BCUT2D eigenvalue weighted by atomic mass is 32.1. The number of nitrogens with zero attached hydrogens (tertiary/aromatic N) is 1. The monoisotopic (exact) mass is 325 g/mol. The number of carbonyl (C=O) groups excluding carboxylic acids is 1. The molecule has 1 aliphatic heterocycles. The average Bonchev–Trinajstić information content (AvgIpc) is 2.95. The van der Waals surface area contributed by atoms with Crippen LogP contribution < -0.4 is 10.6 Å². The lowest BCUT2D eigenvalue weighted by atomic mass is 9.78. The first kappa shape index (κ1) is 17.4. The maximum absolute atomic E-state index is 12.6. The minimum Gasteiger partial charge on any atom is -0.384 e. The van der Waals surface area contributed by atoms with Gasteiger partial charge in [-0.2, -0.15) is 0 Å². The molecule has 1 aromatic rings. The van der Waals surface area contributed by atoms with Gasteiger partial charge in [0.05, 0.1) is 24.3 Å². The first-order valence-corrected chi connectivity index (χ1v) is 8.68. The molecule has 6 heteroatoms. The van der Waals surface area contributed by atoms with Crippen molar-refractivity contribution < 1.29 is 9.53 Å². The van der Waals surface area contributed by atoms with Gasteiger partial charge in [0.1, 0.15) is 5.01 Å². The van der Waals surface area contributed by atoms with Crippen molar-refractivity contribution in [1.29, 1.82) is 0 Å². The summed E-state index contributed by atoms with van der Waals surface area (Å²) in [6.07, 6.45) is 1.63.